The average molecular weight is 568 g/mol. The van der Waals surface area contributed by atoms with Gasteiger partial charge in [0.25, 0.3) is 0 Å². The van der Waals surface area contributed by atoms with Crippen LogP contribution in [0.1, 0.15) is 97.5 Å². The maximum absolute atomic E-state index is 12.3. The lowest BCUT2D eigenvalue weighted by atomic mass is 9.79. The summed E-state index contributed by atoms with van der Waals surface area (Å²) in [6.45, 7) is 9.60. The molecule has 1 aromatic carbocycles. The third-order valence-corrected chi connectivity index (χ3v) is 6.46. The summed E-state index contributed by atoms with van der Waals surface area (Å²) in [5.74, 6) is -3.34. The fraction of sp³-hybridized carbons (Fsp3) is 0.655. The maximum atomic E-state index is 12.3. The predicted molar refractivity (Wildman–Crippen MR) is 147 cm³/mol. The molecular weight excluding hydrogens is 522 g/mol. The Morgan fingerprint density at radius 3 is 1.90 bits per heavy atom. The van der Waals surface area contributed by atoms with E-state index in [0.29, 0.717) is 24.8 Å². The van der Waals surface area contributed by atoms with Gasteiger partial charge in [-0.25, -0.2) is 9.59 Å². The third-order valence-electron chi connectivity index (χ3n) is 6.46. The standard InChI is InChI=1S/C29H45NO10/c1-6-9-12-13-24(31)38-20(5)19(4)25(26(30)27(32)33)21-14-15-22(39-28(34)36-16-10-7-2)23(18-21)40-29(35)37-17-11-8-3/h14-15,18-20,25-26H,6-13,16-17,30H2,1-5H3,(H,32,33)/t19?,20?,25?,26-/m0/s1. The summed E-state index contributed by atoms with van der Waals surface area (Å²) in [4.78, 5) is 48.8. The Bertz CT molecular complexity index is 951. The van der Waals surface area contributed by atoms with Crippen LogP contribution < -0.4 is 15.2 Å². The first-order valence-electron chi connectivity index (χ1n) is 14.1. The summed E-state index contributed by atoms with van der Waals surface area (Å²) in [7, 11) is 0. The lowest BCUT2D eigenvalue weighted by Crippen LogP contribution is -2.42. The molecule has 226 valence electrons. The fourth-order valence-corrected chi connectivity index (χ4v) is 3.91. The van der Waals surface area contributed by atoms with Crippen molar-refractivity contribution >= 4 is 24.2 Å². The van der Waals surface area contributed by atoms with Crippen LogP contribution in [0.5, 0.6) is 11.5 Å². The number of benzene rings is 1. The zero-order valence-corrected chi connectivity index (χ0v) is 24.3. The molecule has 40 heavy (non-hydrogen) atoms. The minimum atomic E-state index is -1.38. The smallest absolute Gasteiger partial charge is 0.480 e. The summed E-state index contributed by atoms with van der Waals surface area (Å²) in [6.07, 6.45) is 3.04. The van der Waals surface area contributed by atoms with Crippen LogP contribution in [0.15, 0.2) is 18.2 Å². The minimum absolute atomic E-state index is 0.122. The summed E-state index contributed by atoms with van der Waals surface area (Å²) < 4.78 is 26.3. The molecule has 4 atom stereocenters. The van der Waals surface area contributed by atoms with Gasteiger partial charge in [0.2, 0.25) is 0 Å². The van der Waals surface area contributed by atoms with Gasteiger partial charge >= 0.3 is 24.2 Å². The Morgan fingerprint density at radius 2 is 1.38 bits per heavy atom. The fourth-order valence-electron chi connectivity index (χ4n) is 3.91. The van der Waals surface area contributed by atoms with E-state index in [-0.39, 0.29) is 37.1 Å². The number of hydrogen-bond donors (Lipinski definition) is 2. The van der Waals surface area contributed by atoms with Gasteiger partial charge in [-0.3, -0.25) is 9.59 Å². The minimum Gasteiger partial charge on any atom is -0.480 e. The van der Waals surface area contributed by atoms with Crippen LogP contribution in [-0.4, -0.2) is 54.7 Å². The molecule has 0 amide bonds. The Hall–Kier alpha value is -3.34. The molecule has 11 nitrogen and oxygen atoms in total. The normalized spacial score (nSPS) is 13.8. The van der Waals surface area contributed by atoms with Gasteiger partial charge in [0.15, 0.2) is 11.5 Å². The molecule has 11 heteroatoms. The maximum Gasteiger partial charge on any atom is 0.513 e. The summed E-state index contributed by atoms with van der Waals surface area (Å²) in [6, 6.07) is 2.87. The van der Waals surface area contributed by atoms with Crippen LogP contribution in [0.3, 0.4) is 0 Å². The van der Waals surface area contributed by atoms with Crippen LogP contribution >= 0.6 is 0 Å². The van der Waals surface area contributed by atoms with Crippen molar-refractivity contribution in [3.05, 3.63) is 23.8 Å². The second-order valence-corrected chi connectivity index (χ2v) is 9.72. The molecule has 0 saturated carbocycles. The molecule has 0 saturated heterocycles. The molecule has 0 spiro atoms. The first kappa shape index (κ1) is 34.7. The van der Waals surface area contributed by atoms with E-state index < -0.39 is 42.3 Å². The Kier molecular flexibility index (Phi) is 16.4. The first-order chi connectivity index (χ1) is 19.0. The largest absolute Gasteiger partial charge is 0.513 e. The number of hydrogen-bond acceptors (Lipinski definition) is 10. The van der Waals surface area contributed by atoms with E-state index in [2.05, 4.69) is 0 Å². The zero-order chi connectivity index (χ0) is 30.1. The monoisotopic (exact) mass is 567 g/mol. The average Bonchev–Trinajstić information content (AvgIpc) is 2.90. The number of carbonyl (C=O) groups excluding carboxylic acids is 3. The molecule has 0 aromatic heterocycles. The topological polar surface area (TPSA) is 161 Å². The number of rotatable bonds is 18. The van der Waals surface area contributed by atoms with Gasteiger partial charge < -0.3 is 34.5 Å². The predicted octanol–water partition coefficient (Wildman–Crippen LogP) is 5.96. The van der Waals surface area contributed by atoms with Gasteiger partial charge in [-0.15, -0.1) is 0 Å². The van der Waals surface area contributed by atoms with Crippen LogP contribution in [0.25, 0.3) is 0 Å². The molecule has 0 aliphatic heterocycles. The van der Waals surface area contributed by atoms with E-state index in [1.807, 2.05) is 20.8 Å². The second-order valence-electron chi connectivity index (χ2n) is 9.72. The highest BCUT2D eigenvalue weighted by Gasteiger charge is 2.36. The lowest BCUT2D eigenvalue weighted by Gasteiger charge is -2.31. The van der Waals surface area contributed by atoms with Gasteiger partial charge in [-0.1, -0.05) is 59.4 Å². The van der Waals surface area contributed by atoms with E-state index in [0.717, 1.165) is 25.7 Å². The molecule has 0 aliphatic rings. The highest BCUT2D eigenvalue weighted by Crippen LogP contribution is 2.37. The quantitative estimate of drug-likeness (QED) is 0.0931. The lowest BCUT2D eigenvalue weighted by molar-refractivity contribution is -0.151. The summed E-state index contributed by atoms with van der Waals surface area (Å²) in [5.41, 5.74) is 6.48. The molecule has 0 fully saturated rings. The number of esters is 1. The number of unbranched alkanes of at least 4 members (excludes halogenated alkanes) is 4. The number of aliphatic carboxylic acids is 1. The van der Waals surface area contributed by atoms with Gasteiger partial charge in [0.05, 0.1) is 13.2 Å². The van der Waals surface area contributed by atoms with Gasteiger partial charge in [-0.05, 0) is 43.9 Å². The van der Waals surface area contributed by atoms with E-state index in [1.165, 1.54) is 18.2 Å². The van der Waals surface area contributed by atoms with Gasteiger partial charge in [0, 0.05) is 18.3 Å². The molecule has 0 radical (unpaired) electrons. The first-order valence-corrected chi connectivity index (χ1v) is 14.1. The highest BCUT2D eigenvalue weighted by atomic mass is 16.7. The van der Waals surface area contributed by atoms with E-state index in [4.69, 9.17) is 29.4 Å². The molecule has 3 unspecified atom stereocenters. The van der Waals surface area contributed by atoms with Crippen LogP contribution in [-0.2, 0) is 23.8 Å². The van der Waals surface area contributed by atoms with E-state index in [1.54, 1.807) is 13.8 Å². The number of carboxylic acids is 1. The second kappa shape index (κ2) is 18.9. The number of ether oxygens (including phenoxy) is 5. The summed E-state index contributed by atoms with van der Waals surface area (Å²) >= 11 is 0. The Balaban J connectivity index is 3.31. The van der Waals surface area contributed by atoms with Crippen molar-refractivity contribution in [3.8, 4) is 11.5 Å². The zero-order valence-electron chi connectivity index (χ0n) is 24.3. The van der Waals surface area contributed by atoms with Crippen molar-refractivity contribution in [1.29, 1.82) is 0 Å². The molecular formula is C29H45NO10. The van der Waals surface area contributed by atoms with Crippen molar-refractivity contribution in [2.75, 3.05) is 13.2 Å². The number of nitrogens with two attached hydrogens (primary N) is 1. The van der Waals surface area contributed by atoms with Crippen molar-refractivity contribution in [3.63, 3.8) is 0 Å². The molecule has 0 bridgehead atoms. The number of carbonyl (C=O) groups is 4. The van der Waals surface area contributed by atoms with Crippen LogP contribution in [0, 0.1) is 5.92 Å². The molecule has 3 N–H and O–H groups in total. The third kappa shape index (κ3) is 12.2. The highest BCUT2D eigenvalue weighted by molar-refractivity contribution is 5.75. The number of carboxylic acid groups (broad SMARTS) is 1. The van der Waals surface area contributed by atoms with E-state index >= 15 is 0 Å². The Labute approximate surface area is 236 Å². The van der Waals surface area contributed by atoms with E-state index in [9.17, 15) is 24.3 Å². The Morgan fingerprint density at radius 1 is 0.825 bits per heavy atom. The molecule has 1 aromatic rings. The SMILES string of the molecule is CCCCCC(=O)OC(C)C(C)C(c1ccc(OC(=O)OCCCC)c(OC(=O)OCCCC)c1)[C@H](N)C(=O)O. The van der Waals surface area contributed by atoms with Gasteiger partial charge in [-0.2, -0.15) is 0 Å². The van der Waals surface area contributed by atoms with Gasteiger partial charge in [0.1, 0.15) is 12.1 Å². The molecule has 0 heterocycles. The van der Waals surface area contributed by atoms with Crippen LogP contribution in [0.4, 0.5) is 9.59 Å². The summed E-state index contributed by atoms with van der Waals surface area (Å²) in [5, 5.41) is 9.76. The van der Waals surface area contributed by atoms with Crippen molar-refractivity contribution in [1.82, 2.24) is 0 Å². The molecule has 1 rings (SSSR count). The van der Waals surface area contributed by atoms with Crippen molar-refractivity contribution in [2.24, 2.45) is 11.7 Å². The van der Waals surface area contributed by atoms with Crippen LogP contribution in [0.2, 0.25) is 0 Å². The van der Waals surface area contributed by atoms with Crippen molar-refractivity contribution < 1.29 is 48.0 Å². The van der Waals surface area contributed by atoms with Crippen molar-refractivity contribution in [2.45, 2.75) is 104 Å². The molecule has 0 aliphatic carbocycles.